The summed E-state index contributed by atoms with van der Waals surface area (Å²) in [4.78, 5) is 23.9. The van der Waals surface area contributed by atoms with Gasteiger partial charge in [0.1, 0.15) is 6.10 Å². The molecule has 2 heterocycles. The second kappa shape index (κ2) is 7.13. The van der Waals surface area contributed by atoms with Crippen molar-refractivity contribution in [3.63, 3.8) is 0 Å². The first-order chi connectivity index (χ1) is 10.7. The van der Waals surface area contributed by atoms with Crippen molar-refractivity contribution in [2.75, 3.05) is 28.9 Å². The molecule has 22 heavy (non-hydrogen) atoms. The van der Waals surface area contributed by atoms with E-state index in [1.807, 2.05) is 0 Å². The second-order valence-corrected chi connectivity index (χ2v) is 6.36. The van der Waals surface area contributed by atoms with Gasteiger partial charge >= 0.3 is 0 Å². The normalized spacial score (nSPS) is 24.2. The van der Waals surface area contributed by atoms with Gasteiger partial charge in [-0.1, -0.05) is 0 Å². The highest BCUT2D eigenvalue weighted by atomic mass is 32.2. The Morgan fingerprint density at radius 1 is 1.14 bits per heavy atom. The zero-order chi connectivity index (χ0) is 15.4. The Labute approximate surface area is 133 Å². The summed E-state index contributed by atoms with van der Waals surface area (Å²) in [7, 11) is 0. The number of anilines is 2. The van der Waals surface area contributed by atoms with Crippen LogP contribution in [0.1, 0.15) is 12.8 Å². The molecule has 3 rings (SSSR count). The Hall–Kier alpha value is -1.57. The maximum absolute atomic E-state index is 12.0. The molecule has 118 valence electrons. The van der Waals surface area contributed by atoms with E-state index < -0.39 is 0 Å². The number of carbonyl (C=O) groups excluding carboxylic acids is 2. The maximum atomic E-state index is 12.0. The number of benzene rings is 1. The van der Waals surface area contributed by atoms with Crippen LogP contribution in [0, 0.1) is 0 Å². The van der Waals surface area contributed by atoms with Gasteiger partial charge < -0.3 is 15.4 Å². The van der Waals surface area contributed by atoms with Gasteiger partial charge in [-0.15, -0.1) is 11.8 Å². The minimum absolute atomic E-state index is 0.0267. The summed E-state index contributed by atoms with van der Waals surface area (Å²) in [6, 6.07) is 6.98. The molecule has 3 N–H and O–H groups in total. The molecule has 2 aliphatic heterocycles. The molecular weight excluding hydrogens is 302 g/mol. The molecule has 1 aromatic rings. The number of rotatable bonds is 4. The summed E-state index contributed by atoms with van der Waals surface area (Å²) in [6.07, 6.45) is 1.36. The van der Waals surface area contributed by atoms with Crippen molar-refractivity contribution in [2.24, 2.45) is 0 Å². The molecule has 0 spiro atoms. The third-order valence-corrected chi connectivity index (χ3v) is 4.61. The quantitative estimate of drug-likeness (QED) is 0.781. The zero-order valence-corrected chi connectivity index (χ0v) is 12.9. The fourth-order valence-electron chi connectivity index (χ4n) is 2.44. The summed E-state index contributed by atoms with van der Waals surface area (Å²) < 4.78 is 5.34. The van der Waals surface area contributed by atoms with Crippen molar-refractivity contribution < 1.29 is 14.3 Å². The van der Waals surface area contributed by atoms with Gasteiger partial charge in [0.15, 0.2) is 0 Å². The number of nitrogens with one attached hydrogen (secondary N) is 3. The largest absolute Gasteiger partial charge is 0.368 e. The lowest BCUT2D eigenvalue weighted by Gasteiger charge is -2.12. The number of carbonyl (C=O) groups is 2. The maximum Gasteiger partial charge on any atom is 0.253 e. The lowest BCUT2D eigenvalue weighted by molar-refractivity contribution is -0.124. The van der Waals surface area contributed by atoms with Gasteiger partial charge in [0, 0.05) is 29.6 Å². The molecular formula is C15H19N3O3S. The molecule has 2 unspecified atom stereocenters. The van der Waals surface area contributed by atoms with E-state index in [2.05, 4.69) is 16.0 Å². The summed E-state index contributed by atoms with van der Waals surface area (Å²) >= 11 is 1.71. The number of hydrogen-bond donors (Lipinski definition) is 3. The van der Waals surface area contributed by atoms with Crippen molar-refractivity contribution in [1.29, 1.82) is 0 Å². The van der Waals surface area contributed by atoms with Crippen LogP contribution in [-0.2, 0) is 14.3 Å². The average Bonchev–Trinajstić information content (AvgIpc) is 3.23. The second-order valence-electron chi connectivity index (χ2n) is 5.33. The van der Waals surface area contributed by atoms with Crippen LogP contribution in [-0.4, -0.2) is 42.2 Å². The number of thioether (sulfide) groups is 1. The molecule has 7 heteroatoms. The molecule has 0 aliphatic carbocycles. The minimum Gasteiger partial charge on any atom is -0.368 e. The fraction of sp³-hybridized carbons (Fsp3) is 0.467. The fourth-order valence-corrected chi connectivity index (χ4v) is 3.38. The van der Waals surface area contributed by atoms with Gasteiger partial charge in [-0.25, -0.2) is 0 Å². The number of amides is 2. The topological polar surface area (TPSA) is 79.5 Å². The number of hydrogen-bond acceptors (Lipinski definition) is 5. The summed E-state index contributed by atoms with van der Waals surface area (Å²) in [5.41, 5.74) is 1.42. The molecule has 2 aliphatic rings. The molecule has 0 radical (unpaired) electrons. The van der Waals surface area contributed by atoms with Crippen LogP contribution >= 0.6 is 11.8 Å². The molecule has 6 nitrogen and oxygen atoms in total. The van der Waals surface area contributed by atoms with Crippen molar-refractivity contribution >= 4 is 35.0 Å². The van der Waals surface area contributed by atoms with Crippen LogP contribution < -0.4 is 16.0 Å². The van der Waals surface area contributed by atoms with E-state index in [1.54, 1.807) is 36.0 Å². The zero-order valence-electron chi connectivity index (χ0n) is 12.1. The van der Waals surface area contributed by atoms with Crippen LogP contribution in [0.3, 0.4) is 0 Å². The van der Waals surface area contributed by atoms with E-state index in [9.17, 15) is 9.59 Å². The standard InChI is InChI=1S/C15H19N3O3S/c19-14(12-8-22-9-16-12)17-10-3-5-11(6-4-10)18-15(20)13-2-1-7-21-13/h3-6,12-13,16H,1-2,7-9H2,(H,17,19)(H,18,20). The third-order valence-electron chi connectivity index (χ3n) is 3.67. The van der Waals surface area contributed by atoms with Gasteiger partial charge in [0.25, 0.3) is 5.91 Å². The van der Waals surface area contributed by atoms with Crippen LogP contribution in [0.2, 0.25) is 0 Å². The SMILES string of the molecule is O=C(Nc1ccc(NC(=O)C2CCCO2)cc1)C1CSCN1. The van der Waals surface area contributed by atoms with Gasteiger partial charge in [0.2, 0.25) is 5.91 Å². The molecule has 0 saturated carbocycles. The van der Waals surface area contributed by atoms with Gasteiger partial charge in [-0.05, 0) is 37.1 Å². The smallest absolute Gasteiger partial charge is 0.253 e. The summed E-state index contributed by atoms with van der Waals surface area (Å²) in [5, 5.41) is 8.82. The van der Waals surface area contributed by atoms with Gasteiger partial charge in [-0.3, -0.25) is 14.9 Å². The van der Waals surface area contributed by atoms with E-state index >= 15 is 0 Å². The van der Waals surface area contributed by atoms with Crippen molar-refractivity contribution in [1.82, 2.24) is 5.32 Å². The molecule has 2 fully saturated rings. The van der Waals surface area contributed by atoms with Crippen molar-refractivity contribution in [3.8, 4) is 0 Å². The first-order valence-electron chi connectivity index (χ1n) is 7.37. The summed E-state index contributed by atoms with van der Waals surface area (Å²) in [5.74, 6) is 1.47. The van der Waals surface area contributed by atoms with E-state index in [4.69, 9.17) is 4.74 Å². The highest BCUT2D eigenvalue weighted by Gasteiger charge is 2.24. The van der Waals surface area contributed by atoms with E-state index in [1.165, 1.54) is 0 Å². The lowest BCUT2D eigenvalue weighted by Crippen LogP contribution is -2.37. The Bertz CT molecular complexity index is 488. The molecule has 2 atom stereocenters. The predicted octanol–water partition coefficient (Wildman–Crippen LogP) is 1.41. The monoisotopic (exact) mass is 321 g/mol. The first-order valence-corrected chi connectivity index (χ1v) is 8.52. The molecule has 0 aromatic heterocycles. The van der Waals surface area contributed by atoms with E-state index in [-0.39, 0.29) is 24.0 Å². The Kier molecular flexibility index (Phi) is 4.97. The van der Waals surface area contributed by atoms with Crippen LogP contribution in [0.4, 0.5) is 11.4 Å². The average molecular weight is 321 g/mol. The Morgan fingerprint density at radius 2 is 1.82 bits per heavy atom. The van der Waals surface area contributed by atoms with Gasteiger partial charge in [0.05, 0.1) is 6.04 Å². The first kappa shape index (κ1) is 15.3. The molecule has 1 aromatic carbocycles. The lowest BCUT2D eigenvalue weighted by atomic mass is 10.2. The molecule has 2 amide bonds. The highest BCUT2D eigenvalue weighted by Crippen LogP contribution is 2.18. The van der Waals surface area contributed by atoms with E-state index in [0.29, 0.717) is 12.3 Å². The highest BCUT2D eigenvalue weighted by molar-refractivity contribution is 7.99. The van der Waals surface area contributed by atoms with Crippen molar-refractivity contribution in [2.45, 2.75) is 25.0 Å². The third kappa shape index (κ3) is 3.79. The Morgan fingerprint density at radius 3 is 2.36 bits per heavy atom. The summed E-state index contributed by atoms with van der Waals surface area (Å²) in [6.45, 7) is 0.649. The van der Waals surface area contributed by atoms with Crippen LogP contribution in [0.25, 0.3) is 0 Å². The minimum atomic E-state index is -0.342. The van der Waals surface area contributed by atoms with E-state index in [0.717, 1.165) is 30.2 Å². The molecule has 2 saturated heterocycles. The van der Waals surface area contributed by atoms with Gasteiger partial charge in [-0.2, -0.15) is 0 Å². The van der Waals surface area contributed by atoms with Crippen molar-refractivity contribution in [3.05, 3.63) is 24.3 Å². The predicted molar refractivity (Wildman–Crippen MR) is 86.9 cm³/mol. The Balaban J connectivity index is 1.53. The van der Waals surface area contributed by atoms with Crippen LogP contribution in [0.15, 0.2) is 24.3 Å². The van der Waals surface area contributed by atoms with Crippen LogP contribution in [0.5, 0.6) is 0 Å². The number of ether oxygens (including phenoxy) is 1. The molecule has 0 bridgehead atoms.